The molecule has 14 heteroatoms. The van der Waals surface area contributed by atoms with Crippen LogP contribution in [-0.2, 0) is 42.0 Å². The first-order chi connectivity index (χ1) is 24.8. The first-order valence-electron chi connectivity index (χ1n) is 18.7. The minimum atomic E-state index is -3.52. The summed E-state index contributed by atoms with van der Waals surface area (Å²) in [5.41, 5.74) is 1.39. The fourth-order valence-electron chi connectivity index (χ4n) is 7.98. The molecule has 3 aliphatic rings. The van der Waals surface area contributed by atoms with Gasteiger partial charge in [0.05, 0.1) is 18.3 Å². The second kappa shape index (κ2) is 16.6. The van der Waals surface area contributed by atoms with Crippen molar-refractivity contribution in [2.45, 2.75) is 105 Å². The van der Waals surface area contributed by atoms with E-state index < -0.39 is 69.1 Å². The summed E-state index contributed by atoms with van der Waals surface area (Å²) >= 11 is 0. The van der Waals surface area contributed by atoms with Gasteiger partial charge in [-0.15, -0.1) is 6.42 Å². The van der Waals surface area contributed by atoms with Gasteiger partial charge in [-0.1, -0.05) is 84.6 Å². The molecule has 1 unspecified atom stereocenters. The molecular formula is C39H58N6O7S. The Labute approximate surface area is 315 Å². The Balaban J connectivity index is 1.62. The molecule has 1 aliphatic heterocycles. The number of carbonyl (C=O) groups excluding carboxylic acids is 5. The maximum atomic E-state index is 14.8. The first kappa shape index (κ1) is 41.8. The normalized spacial score (nSPS) is 22.1. The van der Waals surface area contributed by atoms with Crippen LogP contribution in [-0.4, -0.2) is 104 Å². The van der Waals surface area contributed by atoms with E-state index in [0.717, 1.165) is 17.5 Å². The van der Waals surface area contributed by atoms with E-state index in [1.807, 2.05) is 52.0 Å². The molecular weight excluding hydrogens is 697 g/mol. The zero-order chi connectivity index (χ0) is 39.5. The average Bonchev–Trinajstić information content (AvgIpc) is 3.46. The van der Waals surface area contributed by atoms with Gasteiger partial charge in [0.25, 0.3) is 5.91 Å². The Kier molecular flexibility index (Phi) is 13.1. The van der Waals surface area contributed by atoms with E-state index >= 15 is 0 Å². The molecule has 0 aromatic heterocycles. The van der Waals surface area contributed by atoms with Crippen molar-refractivity contribution in [2.24, 2.45) is 28.6 Å². The third kappa shape index (κ3) is 9.41. The van der Waals surface area contributed by atoms with Crippen LogP contribution in [0.3, 0.4) is 0 Å². The molecule has 6 atom stereocenters. The predicted octanol–water partition coefficient (Wildman–Crippen LogP) is 2.24. The van der Waals surface area contributed by atoms with Gasteiger partial charge in [-0.25, -0.2) is 17.5 Å². The fraction of sp³-hybridized carbons (Fsp3) is 0.667. The number of likely N-dealkylation sites (tertiary alicyclic amines) is 1. The van der Waals surface area contributed by atoms with Gasteiger partial charge in [-0.2, -0.15) is 0 Å². The van der Waals surface area contributed by atoms with Gasteiger partial charge in [0.15, 0.2) is 0 Å². The highest BCUT2D eigenvalue weighted by atomic mass is 32.2. The zero-order valence-corrected chi connectivity index (χ0v) is 33.3. The van der Waals surface area contributed by atoms with Crippen molar-refractivity contribution < 1.29 is 32.4 Å². The molecule has 292 valence electrons. The molecule has 2 fully saturated rings. The van der Waals surface area contributed by atoms with E-state index in [1.54, 1.807) is 11.8 Å². The molecule has 4 rings (SSSR count). The largest absolute Gasteiger partial charge is 0.344 e. The Morgan fingerprint density at radius 2 is 1.66 bits per heavy atom. The monoisotopic (exact) mass is 754 g/mol. The van der Waals surface area contributed by atoms with Crippen molar-refractivity contribution in [3.05, 3.63) is 35.4 Å². The number of Topliss-reactive ketones (excluding diaryl/α,β-unsaturated/α-hetero) is 1. The number of likely N-dealkylation sites (N-methyl/N-ethyl adjacent to an activating group) is 1. The van der Waals surface area contributed by atoms with E-state index in [-0.39, 0.29) is 48.4 Å². The number of nitrogens with one attached hydrogen (secondary N) is 4. The lowest BCUT2D eigenvalue weighted by Crippen LogP contribution is -2.61. The second-order valence-corrected chi connectivity index (χ2v) is 18.8. The summed E-state index contributed by atoms with van der Waals surface area (Å²) in [6, 6.07) is 3.66. The summed E-state index contributed by atoms with van der Waals surface area (Å²) in [6.07, 6.45) is 7.90. The molecule has 1 aromatic rings. The first-order valence-corrected chi connectivity index (χ1v) is 20.3. The fourth-order valence-corrected chi connectivity index (χ4v) is 8.80. The average molecular weight is 755 g/mol. The summed E-state index contributed by atoms with van der Waals surface area (Å²) in [7, 11) is -2.04. The number of urea groups is 1. The van der Waals surface area contributed by atoms with Crippen LogP contribution in [0.1, 0.15) is 78.9 Å². The van der Waals surface area contributed by atoms with Crippen LogP contribution in [0, 0.1) is 40.9 Å². The Morgan fingerprint density at radius 3 is 2.21 bits per heavy atom. The number of piperidine rings is 1. The number of terminal acetylenes is 1. The van der Waals surface area contributed by atoms with Crippen LogP contribution in [0.25, 0.3) is 0 Å². The highest BCUT2D eigenvalue weighted by molar-refractivity contribution is 7.89. The molecule has 53 heavy (non-hydrogen) atoms. The van der Waals surface area contributed by atoms with Crippen LogP contribution in [0.4, 0.5) is 4.79 Å². The lowest BCUT2D eigenvalue weighted by atomic mass is 9.86. The molecule has 0 radical (unpaired) electrons. The third-order valence-electron chi connectivity index (χ3n) is 11.6. The Hall–Kier alpha value is -3.96. The number of fused-ring (bicyclic) bond motifs is 2. The van der Waals surface area contributed by atoms with Gasteiger partial charge >= 0.3 is 6.03 Å². The third-order valence-corrected chi connectivity index (χ3v) is 13.4. The standard InChI is InChI=1S/C39H58N6O7S/c1-10-13-18-28(33(46)35(48)40-19-11-2)41-34(47)32-30-27(39(30,7)8)22-45(32)36(49)31(26-20-24-16-14-15-17-25(24)21-26)43-37(50)42-29(38(4,5)6)23-44(9)53(51,52)12-3/h2,14-17,26-32H,10,12-13,18-23H2,1,3-9H3,(H,40,48)(H,41,47)(H2,42,43,50)/t27-,28?,29+,30-,31-,32-/m0/s1. The predicted molar refractivity (Wildman–Crippen MR) is 203 cm³/mol. The Bertz CT molecular complexity index is 1690. The maximum Gasteiger partial charge on any atom is 0.315 e. The quantitative estimate of drug-likeness (QED) is 0.148. The molecule has 1 saturated heterocycles. The number of ketones is 1. The number of rotatable bonds is 16. The molecule has 0 bridgehead atoms. The highest BCUT2D eigenvalue weighted by Crippen LogP contribution is 2.65. The number of carbonyl (C=O) groups is 5. The summed E-state index contributed by atoms with van der Waals surface area (Å²) in [5.74, 6) is -0.861. The number of nitrogens with zero attached hydrogens (tertiary/aromatic N) is 2. The zero-order valence-electron chi connectivity index (χ0n) is 32.5. The molecule has 0 spiro atoms. The van der Waals surface area contributed by atoms with E-state index in [4.69, 9.17) is 6.42 Å². The van der Waals surface area contributed by atoms with Gasteiger partial charge in [0, 0.05) is 26.2 Å². The second-order valence-electron chi connectivity index (χ2n) is 16.5. The van der Waals surface area contributed by atoms with Gasteiger partial charge in [-0.05, 0) is 65.9 Å². The lowest BCUT2D eigenvalue weighted by Gasteiger charge is -2.37. The van der Waals surface area contributed by atoms with Crippen LogP contribution in [0.15, 0.2) is 24.3 Å². The minimum absolute atomic E-state index is 0.0301. The van der Waals surface area contributed by atoms with Crippen molar-refractivity contribution in [3.8, 4) is 12.3 Å². The van der Waals surface area contributed by atoms with Crippen LogP contribution >= 0.6 is 0 Å². The van der Waals surface area contributed by atoms with Crippen molar-refractivity contribution in [2.75, 3.05) is 32.4 Å². The van der Waals surface area contributed by atoms with Crippen LogP contribution in [0.2, 0.25) is 0 Å². The smallest absolute Gasteiger partial charge is 0.315 e. The molecule has 1 heterocycles. The number of hydrogen-bond acceptors (Lipinski definition) is 7. The molecule has 2 aliphatic carbocycles. The SMILES string of the molecule is C#CCNC(=O)C(=O)C(CCCC)NC(=O)[C@@H]1[C@@H]2[C@H](CN1C(=O)[C@@H](NC(=O)N[C@H](CN(C)S(=O)(=O)CC)C(C)(C)C)C1Cc3ccccc3C1)C2(C)C. The Morgan fingerprint density at radius 1 is 1.04 bits per heavy atom. The highest BCUT2D eigenvalue weighted by Gasteiger charge is 2.69. The lowest BCUT2D eigenvalue weighted by molar-refractivity contribution is -0.144. The number of unbranched alkanes of at least 4 members (excludes halogenated alkanes) is 1. The summed E-state index contributed by atoms with van der Waals surface area (Å²) in [5, 5.41) is 11.1. The molecule has 1 aromatic carbocycles. The van der Waals surface area contributed by atoms with E-state index in [1.165, 1.54) is 11.4 Å². The topological polar surface area (TPSA) is 174 Å². The van der Waals surface area contributed by atoms with Crippen molar-refractivity contribution in [3.63, 3.8) is 0 Å². The molecule has 1 saturated carbocycles. The summed E-state index contributed by atoms with van der Waals surface area (Å²) in [6.45, 7) is 13.5. The molecule has 5 amide bonds. The van der Waals surface area contributed by atoms with E-state index in [2.05, 4.69) is 41.0 Å². The summed E-state index contributed by atoms with van der Waals surface area (Å²) in [4.78, 5) is 70.3. The van der Waals surface area contributed by atoms with Crippen molar-refractivity contribution >= 4 is 39.6 Å². The van der Waals surface area contributed by atoms with Gasteiger partial charge in [0.1, 0.15) is 12.1 Å². The van der Waals surface area contributed by atoms with Crippen LogP contribution in [0.5, 0.6) is 0 Å². The van der Waals surface area contributed by atoms with E-state index in [9.17, 15) is 32.4 Å². The van der Waals surface area contributed by atoms with Gasteiger partial charge in [0.2, 0.25) is 27.6 Å². The minimum Gasteiger partial charge on any atom is -0.344 e. The summed E-state index contributed by atoms with van der Waals surface area (Å²) < 4.78 is 26.4. The van der Waals surface area contributed by atoms with E-state index in [0.29, 0.717) is 25.8 Å². The number of hydrogen-bond donors (Lipinski definition) is 4. The van der Waals surface area contributed by atoms with Crippen molar-refractivity contribution in [1.82, 2.24) is 30.5 Å². The van der Waals surface area contributed by atoms with Crippen LogP contribution < -0.4 is 21.3 Å². The molecule has 13 nitrogen and oxygen atoms in total. The van der Waals surface area contributed by atoms with Gasteiger partial charge < -0.3 is 26.2 Å². The molecule has 4 N–H and O–H groups in total. The van der Waals surface area contributed by atoms with Gasteiger partial charge in [-0.3, -0.25) is 19.2 Å². The number of sulfonamides is 1. The van der Waals surface area contributed by atoms with Crippen molar-refractivity contribution in [1.29, 1.82) is 0 Å². The number of amides is 5. The maximum absolute atomic E-state index is 14.8. The number of benzene rings is 1.